The molecule has 0 heterocycles. The van der Waals surface area contributed by atoms with Gasteiger partial charge in [-0.15, -0.1) is 0 Å². The Hall–Kier alpha value is -1.29. The number of carbonyl (C=O) groups is 1. The zero-order valence-corrected chi connectivity index (χ0v) is 9.07. The van der Waals surface area contributed by atoms with Crippen molar-refractivity contribution in [2.24, 2.45) is 5.92 Å². The van der Waals surface area contributed by atoms with Gasteiger partial charge in [0.05, 0.1) is 13.0 Å². The van der Waals surface area contributed by atoms with Crippen molar-refractivity contribution < 1.29 is 19.0 Å². The monoisotopic (exact) mass is 210 g/mol. The first kappa shape index (κ1) is 10.2. The van der Waals surface area contributed by atoms with E-state index in [4.69, 9.17) is 14.2 Å². The van der Waals surface area contributed by atoms with Crippen molar-refractivity contribution in [3.05, 3.63) is 24.0 Å². The van der Waals surface area contributed by atoms with Crippen LogP contribution in [0.3, 0.4) is 0 Å². The van der Waals surface area contributed by atoms with Gasteiger partial charge >= 0.3 is 5.97 Å². The van der Waals surface area contributed by atoms with E-state index in [0.717, 1.165) is 11.3 Å². The van der Waals surface area contributed by atoms with Crippen molar-refractivity contribution in [2.45, 2.75) is 18.6 Å². The largest absolute Gasteiger partial charge is 0.501 e. The summed E-state index contributed by atoms with van der Waals surface area (Å²) in [5, 5.41) is 0. The Morgan fingerprint density at radius 3 is 2.67 bits per heavy atom. The number of rotatable bonds is 3. The molecule has 0 aromatic heterocycles. The summed E-state index contributed by atoms with van der Waals surface area (Å²) in [6.07, 6.45) is 1.48. The van der Waals surface area contributed by atoms with Crippen LogP contribution in [-0.2, 0) is 19.0 Å². The number of fused-ring (bicyclic) bond motifs is 1. The molecular formula is C11H14O4. The van der Waals surface area contributed by atoms with Crippen LogP contribution in [0.4, 0.5) is 0 Å². The second-order valence-electron chi connectivity index (χ2n) is 3.81. The SMILES string of the molecule is C=C1C2C(OC)=CC2(OC)[C@H]1OC(C)=O. The van der Waals surface area contributed by atoms with Crippen molar-refractivity contribution in [1.82, 2.24) is 0 Å². The number of methoxy groups -OCH3 is 2. The smallest absolute Gasteiger partial charge is 0.303 e. The first-order valence-corrected chi connectivity index (χ1v) is 4.74. The zero-order chi connectivity index (χ0) is 11.2. The van der Waals surface area contributed by atoms with Crippen LogP contribution >= 0.6 is 0 Å². The standard InChI is InChI=1S/C11H14O4/c1-6-9-8(13-3)5-11(9,14-4)10(6)15-7(2)12/h5,9-10H,1H2,2-4H3/t9?,10-,11?/m0/s1. The van der Waals surface area contributed by atoms with Gasteiger partial charge in [-0.05, 0) is 11.6 Å². The molecule has 1 saturated carbocycles. The van der Waals surface area contributed by atoms with Gasteiger partial charge in [0, 0.05) is 14.0 Å². The molecule has 3 atom stereocenters. The molecule has 0 aromatic carbocycles. The van der Waals surface area contributed by atoms with Gasteiger partial charge in [-0.25, -0.2) is 0 Å². The van der Waals surface area contributed by atoms with Crippen LogP contribution in [0.25, 0.3) is 0 Å². The highest BCUT2D eigenvalue weighted by Gasteiger charge is 2.67. The second-order valence-corrected chi connectivity index (χ2v) is 3.81. The first-order chi connectivity index (χ1) is 7.06. The summed E-state index contributed by atoms with van der Waals surface area (Å²) in [7, 11) is 3.21. The average molecular weight is 210 g/mol. The molecule has 15 heavy (non-hydrogen) atoms. The summed E-state index contributed by atoms with van der Waals surface area (Å²) in [5.41, 5.74) is 0.306. The van der Waals surface area contributed by atoms with Gasteiger partial charge in [-0.3, -0.25) is 4.79 Å². The maximum Gasteiger partial charge on any atom is 0.303 e. The molecule has 0 radical (unpaired) electrons. The molecule has 0 aromatic rings. The third kappa shape index (κ3) is 1.08. The Morgan fingerprint density at radius 1 is 1.53 bits per heavy atom. The Bertz CT molecular complexity index is 358. The van der Waals surface area contributed by atoms with E-state index in [-0.39, 0.29) is 18.0 Å². The lowest BCUT2D eigenvalue weighted by Crippen LogP contribution is -2.68. The molecule has 2 rings (SSSR count). The average Bonchev–Trinajstić information content (AvgIpc) is 2.16. The number of carbonyl (C=O) groups excluding carboxylic acids is 1. The van der Waals surface area contributed by atoms with E-state index in [9.17, 15) is 4.79 Å². The third-order valence-electron chi connectivity index (χ3n) is 3.09. The van der Waals surface area contributed by atoms with Crippen molar-refractivity contribution in [2.75, 3.05) is 14.2 Å². The molecule has 2 unspecified atom stereocenters. The predicted molar refractivity (Wildman–Crippen MR) is 53.0 cm³/mol. The molecule has 82 valence electrons. The molecule has 0 saturated heterocycles. The predicted octanol–water partition coefficient (Wildman–Crippen LogP) is 1.03. The number of esters is 1. The molecule has 0 aliphatic heterocycles. The van der Waals surface area contributed by atoms with E-state index in [0.29, 0.717) is 0 Å². The summed E-state index contributed by atoms with van der Waals surface area (Å²) in [6.45, 7) is 5.27. The highest BCUT2D eigenvalue weighted by atomic mass is 16.6. The van der Waals surface area contributed by atoms with Gasteiger partial charge in [0.25, 0.3) is 0 Å². The molecule has 1 fully saturated rings. The molecular weight excluding hydrogens is 196 g/mol. The quantitative estimate of drug-likeness (QED) is 0.515. The molecule has 4 nitrogen and oxygen atoms in total. The lowest BCUT2D eigenvalue weighted by atomic mass is 9.55. The zero-order valence-electron chi connectivity index (χ0n) is 9.07. The van der Waals surface area contributed by atoms with Crippen molar-refractivity contribution >= 4 is 5.97 Å². The van der Waals surface area contributed by atoms with Crippen LogP contribution in [-0.4, -0.2) is 31.9 Å². The van der Waals surface area contributed by atoms with Crippen LogP contribution in [0.5, 0.6) is 0 Å². The number of hydrogen-bond acceptors (Lipinski definition) is 4. The molecule has 0 amide bonds. The van der Waals surface area contributed by atoms with Crippen molar-refractivity contribution in [3.63, 3.8) is 0 Å². The van der Waals surface area contributed by atoms with E-state index in [2.05, 4.69) is 6.58 Å². The minimum Gasteiger partial charge on any atom is -0.501 e. The summed E-state index contributed by atoms with van der Waals surface area (Å²) >= 11 is 0. The first-order valence-electron chi connectivity index (χ1n) is 4.74. The number of hydrogen-bond donors (Lipinski definition) is 0. The van der Waals surface area contributed by atoms with Crippen LogP contribution in [0.2, 0.25) is 0 Å². The maximum atomic E-state index is 10.9. The normalized spacial score (nSPS) is 37.0. The topological polar surface area (TPSA) is 44.8 Å². The summed E-state index contributed by atoms with van der Waals surface area (Å²) in [6, 6.07) is 0. The molecule has 2 aliphatic rings. The third-order valence-corrected chi connectivity index (χ3v) is 3.09. The van der Waals surface area contributed by atoms with Gasteiger partial charge < -0.3 is 14.2 Å². The van der Waals surface area contributed by atoms with Gasteiger partial charge in [-0.1, -0.05) is 6.58 Å². The Labute approximate surface area is 88.5 Å². The maximum absolute atomic E-state index is 10.9. The summed E-state index contributed by atoms with van der Waals surface area (Å²) < 4.78 is 15.7. The highest BCUT2D eigenvalue weighted by Crippen LogP contribution is 2.58. The van der Waals surface area contributed by atoms with E-state index < -0.39 is 5.60 Å². The van der Waals surface area contributed by atoms with E-state index in [1.165, 1.54) is 6.92 Å². The second kappa shape index (κ2) is 3.10. The number of ether oxygens (including phenoxy) is 3. The lowest BCUT2D eigenvalue weighted by Gasteiger charge is -2.59. The molecule has 0 spiro atoms. The lowest BCUT2D eigenvalue weighted by molar-refractivity contribution is -0.189. The molecule has 4 heteroatoms. The van der Waals surface area contributed by atoms with Gasteiger partial charge in [0.1, 0.15) is 11.4 Å². The Balaban J connectivity index is 2.21. The minimum absolute atomic E-state index is 0.0387. The minimum atomic E-state index is -0.534. The Morgan fingerprint density at radius 2 is 2.20 bits per heavy atom. The fourth-order valence-corrected chi connectivity index (χ4v) is 2.35. The van der Waals surface area contributed by atoms with Gasteiger partial charge in [-0.2, -0.15) is 0 Å². The van der Waals surface area contributed by atoms with E-state index >= 15 is 0 Å². The molecule has 2 aliphatic carbocycles. The van der Waals surface area contributed by atoms with Crippen molar-refractivity contribution in [3.8, 4) is 0 Å². The fraction of sp³-hybridized carbons (Fsp3) is 0.545. The van der Waals surface area contributed by atoms with Crippen LogP contribution in [0, 0.1) is 5.92 Å². The van der Waals surface area contributed by atoms with Crippen molar-refractivity contribution in [1.29, 1.82) is 0 Å². The Kier molecular flexibility index (Phi) is 2.12. The molecule has 0 N–H and O–H groups in total. The highest BCUT2D eigenvalue weighted by molar-refractivity contribution is 5.68. The summed E-state index contributed by atoms with van der Waals surface area (Å²) in [5.74, 6) is 0.553. The van der Waals surface area contributed by atoms with Gasteiger partial charge in [0.2, 0.25) is 0 Å². The van der Waals surface area contributed by atoms with Gasteiger partial charge in [0.15, 0.2) is 6.10 Å². The van der Waals surface area contributed by atoms with Crippen LogP contribution < -0.4 is 0 Å². The van der Waals surface area contributed by atoms with E-state index in [1.54, 1.807) is 14.2 Å². The van der Waals surface area contributed by atoms with Crippen LogP contribution in [0.1, 0.15) is 6.92 Å². The fourth-order valence-electron chi connectivity index (χ4n) is 2.35. The van der Waals surface area contributed by atoms with E-state index in [1.807, 2.05) is 6.08 Å². The van der Waals surface area contributed by atoms with Crippen LogP contribution in [0.15, 0.2) is 24.0 Å². The summed E-state index contributed by atoms with van der Waals surface area (Å²) in [4.78, 5) is 10.9. The molecule has 0 bridgehead atoms.